The molecule has 18 heavy (non-hydrogen) atoms. The van der Waals surface area contributed by atoms with Crippen molar-refractivity contribution < 1.29 is 0 Å². The minimum atomic E-state index is 0.519. The smallest absolute Gasteiger partial charge is 0.102 e. The molecule has 3 atom stereocenters. The second-order valence-corrected chi connectivity index (χ2v) is 5.72. The normalized spacial score (nSPS) is 27.6. The van der Waals surface area contributed by atoms with Crippen LogP contribution in [0.3, 0.4) is 0 Å². The summed E-state index contributed by atoms with van der Waals surface area (Å²) in [4.78, 5) is 0. The van der Waals surface area contributed by atoms with Gasteiger partial charge in [-0.1, -0.05) is 26.0 Å². The maximum Gasteiger partial charge on any atom is 0.102 e. The zero-order valence-corrected chi connectivity index (χ0v) is 11.5. The SMILES string of the molecule is Cc1cccc(NC2CCC(C)C(C)C2)c1C#N. The lowest BCUT2D eigenvalue weighted by Crippen LogP contribution is -2.30. The van der Waals surface area contributed by atoms with Crippen LogP contribution in [-0.2, 0) is 0 Å². The first kappa shape index (κ1) is 13.0. The van der Waals surface area contributed by atoms with E-state index in [1.165, 1.54) is 19.3 Å². The Balaban J connectivity index is 2.11. The van der Waals surface area contributed by atoms with Gasteiger partial charge in [-0.2, -0.15) is 5.26 Å². The first-order chi connectivity index (χ1) is 8.61. The number of hydrogen-bond acceptors (Lipinski definition) is 2. The van der Waals surface area contributed by atoms with Gasteiger partial charge in [0.25, 0.3) is 0 Å². The molecule has 0 radical (unpaired) electrons. The number of benzene rings is 1. The Hall–Kier alpha value is -1.49. The lowest BCUT2D eigenvalue weighted by Gasteiger charge is -2.33. The molecule has 1 aromatic rings. The maximum absolute atomic E-state index is 9.23. The number of rotatable bonds is 2. The molecule has 96 valence electrons. The van der Waals surface area contributed by atoms with Crippen molar-refractivity contribution in [3.05, 3.63) is 29.3 Å². The Morgan fingerprint density at radius 1 is 1.22 bits per heavy atom. The molecule has 0 aromatic heterocycles. The average molecular weight is 242 g/mol. The van der Waals surface area contributed by atoms with E-state index in [0.717, 1.165) is 28.7 Å². The number of hydrogen-bond donors (Lipinski definition) is 1. The van der Waals surface area contributed by atoms with E-state index in [2.05, 4.69) is 25.2 Å². The first-order valence-electron chi connectivity index (χ1n) is 6.88. The summed E-state index contributed by atoms with van der Waals surface area (Å²) >= 11 is 0. The lowest BCUT2D eigenvalue weighted by molar-refractivity contribution is 0.261. The van der Waals surface area contributed by atoms with Crippen molar-refractivity contribution in [2.45, 2.75) is 46.1 Å². The molecule has 2 heteroatoms. The average Bonchev–Trinajstić information content (AvgIpc) is 2.34. The molecule has 0 amide bonds. The summed E-state index contributed by atoms with van der Waals surface area (Å²) in [6, 6.07) is 8.87. The Morgan fingerprint density at radius 2 is 2.00 bits per heavy atom. The van der Waals surface area contributed by atoms with Crippen LogP contribution in [0.25, 0.3) is 0 Å². The van der Waals surface area contributed by atoms with Crippen LogP contribution in [0, 0.1) is 30.1 Å². The Bertz CT molecular complexity index is 459. The highest BCUT2D eigenvalue weighted by Crippen LogP contribution is 2.31. The summed E-state index contributed by atoms with van der Waals surface area (Å²) in [5.74, 6) is 1.60. The zero-order valence-electron chi connectivity index (χ0n) is 11.5. The molecular formula is C16H22N2. The van der Waals surface area contributed by atoms with Crippen molar-refractivity contribution in [2.75, 3.05) is 5.32 Å². The van der Waals surface area contributed by atoms with Crippen LogP contribution in [0.2, 0.25) is 0 Å². The standard InChI is InChI=1S/C16H22N2/c1-11-7-8-14(9-13(11)3)18-16-6-4-5-12(2)15(16)10-17/h4-6,11,13-14,18H,7-9H2,1-3H3. The van der Waals surface area contributed by atoms with Gasteiger partial charge in [-0.15, -0.1) is 0 Å². The van der Waals surface area contributed by atoms with Crippen molar-refractivity contribution in [3.63, 3.8) is 0 Å². The lowest BCUT2D eigenvalue weighted by atomic mass is 9.79. The van der Waals surface area contributed by atoms with Crippen LogP contribution >= 0.6 is 0 Å². The van der Waals surface area contributed by atoms with E-state index in [1.807, 2.05) is 25.1 Å². The third kappa shape index (κ3) is 2.67. The van der Waals surface area contributed by atoms with Crippen LogP contribution in [0.1, 0.15) is 44.2 Å². The van der Waals surface area contributed by atoms with Gasteiger partial charge in [0.15, 0.2) is 0 Å². The Labute approximate surface area is 110 Å². The predicted molar refractivity (Wildman–Crippen MR) is 75.5 cm³/mol. The van der Waals surface area contributed by atoms with Gasteiger partial charge in [-0.05, 0) is 49.7 Å². The molecule has 2 rings (SSSR count). The number of aryl methyl sites for hydroxylation is 1. The molecule has 1 fully saturated rings. The topological polar surface area (TPSA) is 35.8 Å². The molecule has 1 aliphatic rings. The zero-order chi connectivity index (χ0) is 13.1. The highest BCUT2D eigenvalue weighted by atomic mass is 14.9. The molecule has 1 aliphatic carbocycles. The highest BCUT2D eigenvalue weighted by molar-refractivity contribution is 5.61. The fourth-order valence-corrected chi connectivity index (χ4v) is 2.83. The highest BCUT2D eigenvalue weighted by Gasteiger charge is 2.24. The fraction of sp³-hybridized carbons (Fsp3) is 0.562. The van der Waals surface area contributed by atoms with Crippen molar-refractivity contribution in [2.24, 2.45) is 11.8 Å². The minimum Gasteiger partial charge on any atom is -0.381 e. The molecule has 0 aliphatic heterocycles. The number of nitrogens with zero attached hydrogens (tertiary/aromatic N) is 1. The van der Waals surface area contributed by atoms with Gasteiger partial charge in [0.1, 0.15) is 6.07 Å². The van der Waals surface area contributed by atoms with Crippen molar-refractivity contribution in [1.82, 2.24) is 0 Å². The molecule has 0 saturated heterocycles. The van der Waals surface area contributed by atoms with Crippen LogP contribution in [0.5, 0.6) is 0 Å². The molecule has 2 nitrogen and oxygen atoms in total. The predicted octanol–water partition coefficient (Wildman–Crippen LogP) is 4.10. The van der Waals surface area contributed by atoms with Crippen molar-refractivity contribution in [3.8, 4) is 6.07 Å². The molecule has 0 spiro atoms. The third-order valence-corrected chi connectivity index (χ3v) is 4.34. The summed E-state index contributed by atoms with van der Waals surface area (Å²) in [6.45, 7) is 6.67. The van der Waals surface area contributed by atoms with E-state index in [0.29, 0.717) is 6.04 Å². The molecule has 0 heterocycles. The molecule has 1 N–H and O–H groups in total. The van der Waals surface area contributed by atoms with Gasteiger partial charge in [0, 0.05) is 6.04 Å². The summed E-state index contributed by atoms with van der Waals surface area (Å²) in [7, 11) is 0. The molecule has 3 unspecified atom stereocenters. The van der Waals surface area contributed by atoms with Crippen LogP contribution < -0.4 is 5.32 Å². The van der Waals surface area contributed by atoms with Crippen LogP contribution in [-0.4, -0.2) is 6.04 Å². The van der Waals surface area contributed by atoms with Crippen LogP contribution in [0.4, 0.5) is 5.69 Å². The number of anilines is 1. The van der Waals surface area contributed by atoms with Gasteiger partial charge >= 0.3 is 0 Å². The second-order valence-electron chi connectivity index (χ2n) is 5.72. The van der Waals surface area contributed by atoms with Gasteiger partial charge in [-0.3, -0.25) is 0 Å². The number of nitriles is 1. The molecule has 1 aromatic carbocycles. The maximum atomic E-state index is 9.23. The van der Waals surface area contributed by atoms with E-state index < -0.39 is 0 Å². The monoisotopic (exact) mass is 242 g/mol. The Kier molecular flexibility index (Phi) is 3.91. The summed E-state index contributed by atoms with van der Waals surface area (Å²) < 4.78 is 0. The van der Waals surface area contributed by atoms with Gasteiger partial charge in [0.2, 0.25) is 0 Å². The van der Waals surface area contributed by atoms with E-state index >= 15 is 0 Å². The van der Waals surface area contributed by atoms with Gasteiger partial charge in [-0.25, -0.2) is 0 Å². The van der Waals surface area contributed by atoms with Crippen LogP contribution in [0.15, 0.2) is 18.2 Å². The fourth-order valence-electron chi connectivity index (χ4n) is 2.83. The van der Waals surface area contributed by atoms with E-state index in [9.17, 15) is 5.26 Å². The van der Waals surface area contributed by atoms with E-state index in [-0.39, 0.29) is 0 Å². The minimum absolute atomic E-state index is 0.519. The number of nitrogens with one attached hydrogen (secondary N) is 1. The largest absolute Gasteiger partial charge is 0.381 e. The summed E-state index contributed by atoms with van der Waals surface area (Å²) in [6.07, 6.45) is 3.71. The van der Waals surface area contributed by atoms with Gasteiger partial charge < -0.3 is 5.32 Å². The second kappa shape index (κ2) is 5.44. The quantitative estimate of drug-likeness (QED) is 0.847. The molecular weight excluding hydrogens is 220 g/mol. The van der Waals surface area contributed by atoms with E-state index in [4.69, 9.17) is 0 Å². The summed E-state index contributed by atoms with van der Waals surface area (Å²) in [5.41, 5.74) is 2.85. The van der Waals surface area contributed by atoms with Crippen molar-refractivity contribution >= 4 is 5.69 Å². The van der Waals surface area contributed by atoms with E-state index in [1.54, 1.807) is 0 Å². The summed E-state index contributed by atoms with van der Waals surface area (Å²) in [5, 5.41) is 12.8. The third-order valence-electron chi connectivity index (χ3n) is 4.34. The first-order valence-corrected chi connectivity index (χ1v) is 6.88. The van der Waals surface area contributed by atoms with Crippen molar-refractivity contribution in [1.29, 1.82) is 5.26 Å². The molecule has 0 bridgehead atoms. The molecule has 1 saturated carbocycles. The Morgan fingerprint density at radius 3 is 2.67 bits per heavy atom. The van der Waals surface area contributed by atoms with Gasteiger partial charge in [0.05, 0.1) is 11.3 Å².